The molecule has 1 rings (SSSR count). The van der Waals surface area contributed by atoms with Crippen LogP contribution < -0.4 is 5.32 Å². The summed E-state index contributed by atoms with van der Waals surface area (Å²) in [7, 11) is 0. The van der Waals surface area contributed by atoms with Crippen LogP contribution in [0.5, 0.6) is 0 Å². The summed E-state index contributed by atoms with van der Waals surface area (Å²) in [4.78, 5) is 12.6. The van der Waals surface area contributed by atoms with Gasteiger partial charge in [-0.3, -0.25) is 4.79 Å². The molecular weight excluding hydrogens is 234 g/mol. The van der Waals surface area contributed by atoms with Gasteiger partial charge in [-0.1, -0.05) is 19.4 Å². The number of aliphatic hydroxyl groups is 1. The quantitative estimate of drug-likeness (QED) is 0.680. The molecule has 1 atom stereocenters. The van der Waals surface area contributed by atoms with Gasteiger partial charge in [-0.25, -0.2) is 0 Å². The van der Waals surface area contributed by atoms with E-state index >= 15 is 0 Å². The Bertz CT molecular complexity index is 368. The number of carbonyl (C=O) groups is 1. The van der Waals surface area contributed by atoms with E-state index in [0.717, 1.165) is 17.7 Å². The third kappa shape index (κ3) is 4.79. The molecule has 0 saturated carbocycles. The van der Waals surface area contributed by atoms with Gasteiger partial charge in [0.1, 0.15) is 0 Å². The Hall–Kier alpha value is -1.00. The van der Waals surface area contributed by atoms with E-state index in [-0.39, 0.29) is 12.5 Å². The van der Waals surface area contributed by atoms with Gasteiger partial charge in [0.05, 0.1) is 0 Å². The number of aliphatic hydroxyl groups excluding tert-OH is 1. The molecule has 1 aromatic carbocycles. The zero-order chi connectivity index (χ0) is 12.7. The monoisotopic (exact) mass is 253 g/mol. The highest BCUT2D eigenvalue weighted by atomic mass is 32.1. The Morgan fingerprint density at radius 2 is 2.29 bits per heavy atom. The second kappa shape index (κ2) is 7.35. The normalized spacial score (nSPS) is 12.2. The largest absolute Gasteiger partial charge is 0.396 e. The second-order valence-electron chi connectivity index (χ2n) is 4.05. The van der Waals surface area contributed by atoms with Crippen molar-refractivity contribution in [1.82, 2.24) is 5.32 Å². The van der Waals surface area contributed by atoms with E-state index in [2.05, 4.69) is 24.9 Å². The number of nitrogens with one attached hydrogen (secondary N) is 1. The van der Waals surface area contributed by atoms with Crippen LogP contribution in [0.4, 0.5) is 0 Å². The first-order chi connectivity index (χ1) is 8.17. The van der Waals surface area contributed by atoms with Crippen molar-refractivity contribution in [3.8, 4) is 0 Å². The van der Waals surface area contributed by atoms with Crippen molar-refractivity contribution < 1.29 is 9.90 Å². The van der Waals surface area contributed by atoms with Crippen molar-refractivity contribution in [1.29, 1.82) is 0 Å². The molecule has 94 valence electrons. The van der Waals surface area contributed by atoms with Crippen LogP contribution in [0.3, 0.4) is 0 Å². The number of hydrogen-bond donors (Lipinski definition) is 3. The highest BCUT2D eigenvalue weighted by Gasteiger charge is 2.09. The van der Waals surface area contributed by atoms with Gasteiger partial charge in [0.25, 0.3) is 5.91 Å². The number of carbonyl (C=O) groups excluding carboxylic acids is 1. The summed E-state index contributed by atoms with van der Waals surface area (Å²) in [6.45, 7) is 2.83. The summed E-state index contributed by atoms with van der Waals surface area (Å²) in [5.74, 6) is 0.250. The van der Waals surface area contributed by atoms with Gasteiger partial charge >= 0.3 is 0 Å². The minimum absolute atomic E-state index is 0.0858. The number of rotatable bonds is 6. The molecule has 1 amide bonds. The fourth-order valence-electron chi connectivity index (χ4n) is 1.62. The van der Waals surface area contributed by atoms with E-state index < -0.39 is 0 Å². The predicted octanol–water partition coefficient (Wildman–Crippen LogP) is 2.11. The molecule has 17 heavy (non-hydrogen) atoms. The lowest BCUT2D eigenvalue weighted by Crippen LogP contribution is -2.29. The molecule has 0 aliphatic carbocycles. The molecule has 1 aromatic rings. The Kier molecular flexibility index (Phi) is 6.08. The number of amides is 1. The van der Waals surface area contributed by atoms with Crippen molar-refractivity contribution in [2.24, 2.45) is 5.92 Å². The SMILES string of the molecule is CCC(CCO)CNC(=O)c1cccc(S)c1. The van der Waals surface area contributed by atoms with Gasteiger partial charge < -0.3 is 10.4 Å². The molecule has 0 radical (unpaired) electrons. The van der Waals surface area contributed by atoms with Crippen LogP contribution in [-0.4, -0.2) is 24.2 Å². The average molecular weight is 253 g/mol. The Balaban J connectivity index is 2.49. The number of thiol groups is 1. The number of benzene rings is 1. The highest BCUT2D eigenvalue weighted by Crippen LogP contribution is 2.10. The van der Waals surface area contributed by atoms with Gasteiger partial charge in [-0.2, -0.15) is 0 Å². The summed E-state index contributed by atoms with van der Waals surface area (Å²) >= 11 is 4.20. The maximum Gasteiger partial charge on any atom is 0.251 e. The third-order valence-corrected chi connectivity index (χ3v) is 3.05. The second-order valence-corrected chi connectivity index (χ2v) is 4.56. The maximum atomic E-state index is 11.8. The third-order valence-electron chi connectivity index (χ3n) is 2.77. The molecule has 0 bridgehead atoms. The van der Waals surface area contributed by atoms with Crippen molar-refractivity contribution in [2.45, 2.75) is 24.7 Å². The molecule has 1 unspecified atom stereocenters. The molecule has 0 spiro atoms. The molecule has 0 aliphatic heterocycles. The molecule has 0 saturated heterocycles. The van der Waals surface area contributed by atoms with Gasteiger partial charge in [-0.05, 0) is 30.5 Å². The maximum absolute atomic E-state index is 11.8. The fourth-order valence-corrected chi connectivity index (χ4v) is 1.84. The molecule has 0 fully saturated rings. The minimum atomic E-state index is -0.0858. The topological polar surface area (TPSA) is 49.3 Å². The fraction of sp³-hybridized carbons (Fsp3) is 0.462. The van der Waals surface area contributed by atoms with Crippen LogP contribution in [0.25, 0.3) is 0 Å². The van der Waals surface area contributed by atoms with Crippen molar-refractivity contribution in [3.63, 3.8) is 0 Å². The van der Waals surface area contributed by atoms with Crippen molar-refractivity contribution in [3.05, 3.63) is 29.8 Å². The van der Waals surface area contributed by atoms with E-state index in [1.165, 1.54) is 0 Å². The standard InChI is InChI=1S/C13H19NO2S/c1-2-10(6-7-15)9-14-13(16)11-4-3-5-12(17)8-11/h3-5,8,10,15,17H,2,6-7,9H2,1H3,(H,14,16). The summed E-state index contributed by atoms with van der Waals surface area (Å²) in [5.41, 5.74) is 0.622. The molecular formula is C13H19NO2S. The molecule has 3 nitrogen and oxygen atoms in total. The zero-order valence-electron chi connectivity index (χ0n) is 10.0. The lowest BCUT2D eigenvalue weighted by Gasteiger charge is -2.14. The Morgan fingerprint density at radius 3 is 2.88 bits per heavy atom. The summed E-state index contributed by atoms with van der Waals surface area (Å²) in [5, 5.41) is 11.7. The van der Waals surface area contributed by atoms with Gasteiger partial charge in [0, 0.05) is 23.6 Å². The first-order valence-electron chi connectivity index (χ1n) is 5.85. The molecule has 0 aromatic heterocycles. The average Bonchev–Trinajstić information content (AvgIpc) is 2.34. The van der Waals surface area contributed by atoms with Crippen LogP contribution in [0, 0.1) is 5.92 Å². The molecule has 0 aliphatic rings. The first-order valence-corrected chi connectivity index (χ1v) is 6.30. The highest BCUT2D eigenvalue weighted by molar-refractivity contribution is 7.80. The summed E-state index contributed by atoms with van der Waals surface area (Å²) in [6, 6.07) is 7.15. The zero-order valence-corrected chi connectivity index (χ0v) is 10.9. The van der Waals surface area contributed by atoms with Crippen LogP contribution in [0.1, 0.15) is 30.1 Å². The number of hydrogen-bond acceptors (Lipinski definition) is 3. The van der Waals surface area contributed by atoms with E-state index in [1.54, 1.807) is 12.1 Å². The lowest BCUT2D eigenvalue weighted by atomic mass is 10.0. The summed E-state index contributed by atoms with van der Waals surface area (Å²) < 4.78 is 0. The molecule has 4 heteroatoms. The van der Waals surface area contributed by atoms with Gasteiger partial charge in [0.2, 0.25) is 0 Å². The van der Waals surface area contributed by atoms with Gasteiger partial charge in [-0.15, -0.1) is 12.6 Å². The van der Waals surface area contributed by atoms with Crippen LogP contribution in [-0.2, 0) is 0 Å². The minimum Gasteiger partial charge on any atom is -0.396 e. The smallest absolute Gasteiger partial charge is 0.251 e. The Morgan fingerprint density at radius 1 is 1.53 bits per heavy atom. The van der Waals surface area contributed by atoms with E-state index in [0.29, 0.717) is 18.0 Å². The first kappa shape index (κ1) is 14.1. The predicted molar refractivity (Wildman–Crippen MR) is 71.5 cm³/mol. The van der Waals surface area contributed by atoms with Crippen molar-refractivity contribution >= 4 is 18.5 Å². The van der Waals surface area contributed by atoms with E-state index in [9.17, 15) is 4.79 Å². The molecule has 2 N–H and O–H groups in total. The van der Waals surface area contributed by atoms with Gasteiger partial charge in [0.15, 0.2) is 0 Å². The van der Waals surface area contributed by atoms with Crippen molar-refractivity contribution in [2.75, 3.05) is 13.2 Å². The summed E-state index contributed by atoms with van der Waals surface area (Å²) in [6.07, 6.45) is 1.68. The van der Waals surface area contributed by atoms with Crippen LogP contribution >= 0.6 is 12.6 Å². The van der Waals surface area contributed by atoms with Crippen LogP contribution in [0.2, 0.25) is 0 Å². The Labute approximate surface area is 108 Å². The van der Waals surface area contributed by atoms with Crippen LogP contribution in [0.15, 0.2) is 29.2 Å². The molecule has 0 heterocycles. The van der Waals surface area contributed by atoms with E-state index in [1.807, 2.05) is 12.1 Å². The van der Waals surface area contributed by atoms with E-state index in [4.69, 9.17) is 5.11 Å². The lowest BCUT2D eigenvalue weighted by molar-refractivity contribution is 0.0943.